The number of hydrogen-bond donors (Lipinski definition) is 1. The quantitative estimate of drug-likeness (QED) is 0.794. The molecule has 7 nitrogen and oxygen atoms in total. The zero-order valence-electron chi connectivity index (χ0n) is 14.5. The second-order valence-electron chi connectivity index (χ2n) is 6.80. The third-order valence-electron chi connectivity index (χ3n) is 5.18. The number of nitrogens with one attached hydrogen (secondary N) is 1. The van der Waals surface area contributed by atoms with E-state index in [9.17, 15) is 14.9 Å². The number of rotatable bonds is 1. The fourth-order valence-corrected chi connectivity index (χ4v) is 4.68. The van der Waals surface area contributed by atoms with Crippen molar-refractivity contribution in [1.29, 1.82) is 5.26 Å². The van der Waals surface area contributed by atoms with Crippen molar-refractivity contribution in [3.05, 3.63) is 39.9 Å². The first-order chi connectivity index (χ1) is 12.9. The molecular formula is C18H16ClN5O2S. The molecule has 1 fully saturated rings. The number of nitriles is 1. The van der Waals surface area contributed by atoms with Crippen LogP contribution in [0.1, 0.15) is 24.5 Å². The van der Waals surface area contributed by atoms with Crippen molar-refractivity contribution in [2.75, 3.05) is 29.9 Å². The van der Waals surface area contributed by atoms with E-state index < -0.39 is 0 Å². The van der Waals surface area contributed by atoms with Gasteiger partial charge in [0, 0.05) is 37.7 Å². The molecule has 1 atom stereocenters. The fraction of sp³-hybridized carbons (Fsp3) is 0.333. The van der Waals surface area contributed by atoms with Crippen molar-refractivity contribution >= 4 is 45.7 Å². The summed E-state index contributed by atoms with van der Waals surface area (Å²) in [6.07, 6.45) is 2.24. The van der Waals surface area contributed by atoms with E-state index in [1.165, 1.54) is 17.5 Å². The van der Waals surface area contributed by atoms with Gasteiger partial charge in [0.15, 0.2) is 5.13 Å². The van der Waals surface area contributed by atoms with Gasteiger partial charge in [0.2, 0.25) is 5.91 Å². The number of likely N-dealkylation sites (tertiary alicyclic amines) is 1. The van der Waals surface area contributed by atoms with E-state index in [1.807, 2.05) is 6.07 Å². The molecule has 1 aromatic heterocycles. The standard InChI is InChI=1S/C18H16ClN5O2S/c1-11(25)23-5-4-18(9-23)10-24(14-3-2-12(7-20)6-13(14)18)17(26)22-16-21-8-15(19)27-16/h2-3,6,8H,4-5,9-10H2,1H3,(H,21,22,26). The molecule has 27 heavy (non-hydrogen) atoms. The molecule has 138 valence electrons. The number of urea groups is 1. The Labute approximate surface area is 165 Å². The molecule has 1 saturated heterocycles. The number of carbonyl (C=O) groups is 2. The SMILES string of the molecule is CC(=O)N1CCC2(C1)CN(C(=O)Nc1ncc(Cl)s1)c1ccc(C#N)cc12. The molecule has 1 N–H and O–H groups in total. The van der Waals surface area contributed by atoms with Gasteiger partial charge in [-0.1, -0.05) is 22.9 Å². The van der Waals surface area contributed by atoms with Gasteiger partial charge in [-0.3, -0.25) is 15.0 Å². The highest BCUT2D eigenvalue weighted by molar-refractivity contribution is 7.19. The topological polar surface area (TPSA) is 89.3 Å². The largest absolute Gasteiger partial charge is 0.342 e. The molecule has 2 aromatic rings. The predicted octanol–water partition coefficient (Wildman–Crippen LogP) is 3.21. The van der Waals surface area contributed by atoms with Crippen LogP contribution in [0.15, 0.2) is 24.4 Å². The molecule has 9 heteroatoms. The lowest BCUT2D eigenvalue weighted by Crippen LogP contribution is -2.41. The molecule has 2 aliphatic heterocycles. The van der Waals surface area contributed by atoms with Crippen molar-refractivity contribution in [3.63, 3.8) is 0 Å². The summed E-state index contributed by atoms with van der Waals surface area (Å²) < 4.78 is 0.496. The molecule has 0 saturated carbocycles. The highest BCUT2D eigenvalue weighted by Gasteiger charge is 2.49. The Kier molecular flexibility index (Phi) is 4.29. The molecule has 0 radical (unpaired) electrons. The number of nitrogens with zero attached hydrogens (tertiary/aromatic N) is 4. The van der Waals surface area contributed by atoms with Gasteiger partial charge < -0.3 is 4.90 Å². The normalized spacial score (nSPS) is 20.6. The molecule has 3 heterocycles. The number of carbonyl (C=O) groups excluding carboxylic acids is 2. The van der Waals surface area contributed by atoms with Crippen LogP contribution in [0, 0.1) is 11.3 Å². The number of halogens is 1. The summed E-state index contributed by atoms with van der Waals surface area (Å²) in [7, 11) is 0. The van der Waals surface area contributed by atoms with Crippen molar-refractivity contribution in [1.82, 2.24) is 9.88 Å². The first-order valence-electron chi connectivity index (χ1n) is 8.42. The molecule has 0 bridgehead atoms. The second-order valence-corrected chi connectivity index (χ2v) is 8.46. The zero-order chi connectivity index (χ0) is 19.2. The van der Waals surface area contributed by atoms with Crippen LogP contribution in [0.5, 0.6) is 0 Å². The van der Waals surface area contributed by atoms with Gasteiger partial charge in [-0.2, -0.15) is 5.26 Å². The Bertz CT molecular complexity index is 984. The third-order valence-corrected chi connectivity index (χ3v) is 6.21. The van der Waals surface area contributed by atoms with Crippen LogP contribution in [0.2, 0.25) is 4.34 Å². The van der Waals surface area contributed by atoms with Gasteiger partial charge in [-0.05, 0) is 30.2 Å². The van der Waals surface area contributed by atoms with E-state index in [-0.39, 0.29) is 17.4 Å². The minimum absolute atomic E-state index is 0.0187. The Morgan fingerprint density at radius 3 is 2.85 bits per heavy atom. The van der Waals surface area contributed by atoms with Crippen molar-refractivity contribution < 1.29 is 9.59 Å². The first-order valence-corrected chi connectivity index (χ1v) is 9.61. The van der Waals surface area contributed by atoms with Gasteiger partial charge in [0.25, 0.3) is 0 Å². The van der Waals surface area contributed by atoms with Gasteiger partial charge in [0.05, 0.1) is 17.8 Å². The predicted molar refractivity (Wildman–Crippen MR) is 103 cm³/mol. The Morgan fingerprint density at radius 2 is 2.22 bits per heavy atom. The third kappa shape index (κ3) is 3.03. The van der Waals surface area contributed by atoms with E-state index in [0.717, 1.165) is 17.7 Å². The average molecular weight is 402 g/mol. The van der Waals surface area contributed by atoms with Gasteiger partial charge in [-0.25, -0.2) is 9.78 Å². The van der Waals surface area contributed by atoms with Crippen LogP contribution in [-0.4, -0.2) is 41.5 Å². The lowest BCUT2D eigenvalue weighted by Gasteiger charge is -2.25. The van der Waals surface area contributed by atoms with Crippen molar-refractivity contribution in [2.24, 2.45) is 0 Å². The lowest BCUT2D eigenvalue weighted by molar-refractivity contribution is -0.127. The molecule has 1 unspecified atom stereocenters. The smallest absolute Gasteiger partial charge is 0.328 e. The molecule has 4 rings (SSSR count). The average Bonchev–Trinajstić information content (AvgIpc) is 3.34. The Hall–Kier alpha value is -2.63. The van der Waals surface area contributed by atoms with Crippen LogP contribution >= 0.6 is 22.9 Å². The minimum Gasteiger partial charge on any atom is -0.342 e. The van der Waals surface area contributed by atoms with E-state index >= 15 is 0 Å². The van der Waals surface area contributed by atoms with Gasteiger partial charge >= 0.3 is 6.03 Å². The Morgan fingerprint density at radius 1 is 1.41 bits per heavy atom. The molecular weight excluding hydrogens is 386 g/mol. The van der Waals surface area contributed by atoms with Gasteiger partial charge in [-0.15, -0.1) is 0 Å². The first kappa shape index (κ1) is 17.8. The fourth-order valence-electron chi connectivity index (χ4n) is 3.88. The van der Waals surface area contributed by atoms with Crippen molar-refractivity contribution in [2.45, 2.75) is 18.8 Å². The zero-order valence-corrected chi connectivity index (χ0v) is 16.1. The lowest BCUT2D eigenvalue weighted by atomic mass is 9.81. The molecule has 2 aliphatic rings. The van der Waals surface area contributed by atoms with Gasteiger partial charge in [0.1, 0.15) is 4.34 Å². The number of benzene rings is 1. The number of thiazole rings is 1. The summed E-state index contributed by atoms with van der Waals surface area (Å²) in [5.74, 6) is 0.0187. The summed E-state index contributed by atoms with van der Waals surface area (Å²) in [6, 6.07) is 7.20. The molecule has 3 amide bonds. The van der Waals surface area contributed by atoms with E-state index in [0.29, 0.717) is 34.7 Å². The number of fused-ring (bicyclic) bond motifs is 2. The minimum atomic E-state index is -0.355. The monoisotopic (exact) mass is 401 g/mol. The van der Waals surface area contributed by atoms with Crippen molar-refractivity contribution in [3.8, 4) is 6.07 Å². The summed E-state index contributed by atoms with van der Waals surface area (Å²) in [6.45, 7) is 3.18. The van der Waals surface area contributed by atoms with Crippen LogP contribution in [0.25, 0.3) is 0 Å². The molecule has 0 aliphatic carbocycles. The number of amides is 3. The summed E-state index contributed by atoms with van der Waals surface area (Å²) in [5, 5.41) is 12.5. The van der Waals surface area contributed by atoms with Crippen LogP contribution in [0.4, 0.5) is 15.6 Å². The second kappa shape index (κ2) is 6.51. The van der Waals surface area contributed by atoms with E-state index in [2.05, 4.69) is 16.4 Å². The maximum absolute atomic E-state index is 12.9. The maximum atomic E-state index is 12.9. The van der Waals surface area contributed by atoms with E-state index in [4.69, 9.17) is 11.6 Å². The number of anilines is 2. The summed E-state index contributed by atoms with van der Waals surface area (Å²) in [5.41, 5.74) is 1.90. The summed E-state index contributed by atoms with van der Waals surface area (Å²) >= 11 is 7.08. The Balaban J connectivity index is 1.69. The number of aromatic nitrogens is 1. The molecule has 1 spiro atoms. The maximum Gasteiger partial charge on any atom is 0.328 e. The van der Waals surface area contributed by atoms with Crippen LogP contribution in [0.3, 0.4) is 0 Å². The van der Waals surface area contributed by atoms with Crippen LogP contribution in [-0.2, 0) is 10.2 Å². The summed E-state index contributed by atoms with van der Waals surface area (Å²) in [4.78, 5) is 32.3. The highest BCUT2D eigenvalue weighted by atomic mass is 35.5. The number of hydrogen-bond acceptors (Lipinski definition) is 5. The van der Waals surface area contributed by atoms with Crippen LogP contribution < -0.4 is 10.2 Å². The highest BCUT2D eigenvalue weighted by Crippen LogP contribution is 2.47. The molecule has 1 aromatic carbocycles. The van der Waals surface area contributed by atoms with E-state index in [1.54, 1.807) is 28.9 Å².